The van der Waals surface area contributed by atoms with E-state index < -0.39 is 5.82 Å². The predicted octanol–water partition coefficient (Wildman–Crippen LogP) is 4.73. The molecule has 4 aromatic rings. The van der Waals surface area contributed by atoms with E-state index in [0.717, 1.165) is 42.9 Å². The van der Waals surface area contributed by atoms with Crippen LogP contribution >= 0.6 is 0 Å². The number of benzene rings is 2. The number of piperidine rings is 1. The van der Waals surface area contributed by atoms with Gasteiger partial charge >= 0.3 is 0 Å². The Labute approximate surface area is 191 Å². The van der Waals surface area contributed by atoms with Gasteiger partial charge in [0.1, 0.15) is 5.69 Å². The molecule has 0 amide bonds. The summed E-state index contributed by atoms with van der Waals surface area (Å²) in [5.74, 6) is -0.260. The zero-order valence-corrected chi connectivity index (χ0v) is 18.9. The number of aromatic nitrogens is 3. The molecule has 1 aliphatic rings. The van der Waals surface area contributed by atoms with E-state index in [1.165, 1.54) is 19.6 Å². The van der Waals surface area contributed by atoms with Crippen molar-refractivity contribution in [2.24, 2.45) is 0 Å². The van der Waals surface area contributed by atoms with Crippen LogP contribution in [0.3, 0.4) is 0 Å². The standard InChI is InChI=1S/C26H27FN4O2/c1-17-20(15-18-11-12-22(33-2)21(27)16-18)26(32)31-25(28-17)24(30-13-7-4-8-14-30)23(29-31)19-9-5-3-6-10-19/h3,5-6,9-12,16,29H,4,7-8,13-15H2,1-2H3. The van der Waals surface area contributed by atoms with E-state index in [2.05, 4.69) is 10.00 Å². The predicted molar refractivity (Wildman–Crippen MR) is 128 cm³/mol. The number of aryl methyl sites for hydroxylation is 1. The van der Waals surface area contributed by atoms with E-state index in [1.807, 2.05) is 37.3 Å². The van der Waals surface area contributed by atoms with Crippen molar-refractivity contribution in [3.8, 4) is 17.0 Å². The number of fused-ring (bicyclic) bond motifs is 1. The van der Waals surface area contributed by atoms with Gasteiger partial charge in [0.2, 0.25) is 0 Å². The van der Waals surface area contributed by atoms with Crippen LogP contribution in [0.25, 0.3) is 16.9 Å². The van der Waals surface area contributed by atoms with Crippen LogP contribution in [0.15, 0.2) is 53.3 Å². The van der Waals surface area contributed by atoms with Crippen molar-refractivity contribution >= 4 is 11.3 Å². The minimum absolute atomic E-state index is 0.158. The highest BCUT2D eigenvalue weighted by Crippen LogP contribution is 2.34. The van der Waals surface area contributed by atoms with Crippen molar-refractivity contribution in [1.29, 1.82) is 0 Å². The van der Waals surface area contributed by atoms with Gasteiger partial charge in [0.15, 0.2) is 17.2 Å². The Bertz CT molecular complexity index is 1350. The first kappa shape index (κ1) is 21.2. The van der Waals surface area contributed by atoms with Crippen molar-refractivity contribution in [2.45, 2.75) is 32.6 Å². The molecule has 1 saturated heterocycles. The Hall–Kier alpha value is -3.61. The topological polar surface area (TPSA) is 62.6 Å². The molecule has 2 aromatic carbocycles. The van der Waals surface area contributed by atoms with Crippen molar-refractivity contribution in [3.05, 3.63) is 81.5 Å². The average molecular weight is 447 g/mol. The molecule has 0 spiro atoms. The Kier molecular flexibility index (Phi) is 5.62. The van der Waals surface area contributed by atoms with E-state index in [-0.39, 0.29) is 11.3 Å². The van der Waals surface area contributed by atoms with Crippen LogP contribution in [0.4, 0.5) is 10.1 Å². The fourth-order valence-corrected chi connectivity index (χ4v) is 4.65. The molecule has 5 rings (SSSR count). The summed E-state index contributed by atoms with van der Waals surface area (Å²) in [6, 6.07) is 14.8. The van der Waals surface area contributed by atoms with Crippen LogP contribution in [-0.4, -0.2) is 34.8 Å². The van der Waals surface area contributed by atoms with Crippen molar-refractivity contribution < 1.29 is 9.13 Å². The summed E-state index contributed by atoms with van der Waals surface area (Å²) < 4.78 is 20.8. The summed E-state index contributed by atoms with van der Waals surface area (Å²) in [4.78, 5) is 20.8. The molecule has 1 fully saturated rings. The number of aromatic amines is 1. The minimum atomic E-state index is -0.444. The third-order valence-electron chi connectivity index (χ3n) is 6.39. The lowest BCUT2D eigenvalue weighted by atomic mass is 10.0. The van der Waals surface area contributed by atoms with E-state index in [1.54, 1.807) is 16.6 Å². The third kappa shape index (κ3) is 3.88. The van der Waals surface area contributed by atoms with Gasteiger partial charge in [-0.2, -0.15) is 4.52 Å². The monoisotopic (exact) mass is 446 g/mol. The molecule has 7 heteroatoms. The van der Waals surface area contributed by atoms with E-state index in [9.17, 15) is 9.18 Å². The molecule has 170 valence electrons. The number of hydrogen-bond donors (Lipinski definition) is 1. The Morgan fingerprint density at radius 1 is 1.09 bits per heavy atom. The molecule has 0 saturated carbocycles. The molecular weight excluding hydrogens is 419 g/mol. The van der Waals surface area contributed by atoms with Gasteiger partial charge in [-0.15, -0.1) is 0 Å². The second kappa shape index (κ2) is 8.73. The summed E-state index contributed by atoms with van der Waals surface area (Å²) >= 11 is 0. The number of nitrogens with zero attached hydrogens (tertiary/aromatic N) is 3. The number of rotatable bonds is 5. The average Bonchev–Trinajstić information content (AvgIpc) is 3.22. The van der Waals surface area contributed by atoms with E-state index in [0.29, 0.717) is 28.9 Å². The molecule has 2 aromatic heterocycles. The molecule has 6 nitrogen and oxygen atoms in total. The molecule has 1 N–H and O–H groups in total. The van der Waals surface area contributed by atoms with Crippen molar-refractivity contribution in [1.82, 2.24) is 14.6 Å². The van der Waals surface area contributed by atoms with E-state index >= 15 is 0 Å². The van der Waals surface area contributed by atoms with Crippen LogP contribution in [0.2, 0.25) is 0 Å². The van der Waals surface area contributed by atoms with Crippen LogP contribution in [0, 0.1) is 12.7 Å². The number of H-pyrrole nitrogens is 1. The summed E-state index contributed by atoms with van der Waals surface area (Å²) in [6.07, 6.45) is 3.75. The minimum Gasteiger partial charge on any atom is -0.494 e. The number of ether oxygens (including phenoxy) is 1. The van der Waals surface area contributed by atoms with Gasteiger partial charge in [-0.25, -0.2) is 9.37 Å². The van der Waals surface area contributed by atoms with Gasteiger partial charge in [0.05, 0.1) is 12.8 Å². The number of nitrogens with one attached hydrogen (secondary N) is 1. The second-order valence-corrected chi connectivity index (χ2v) is 8.53. The van der Waals surface area contributed by atoms with Crippen LogP contribution in [-0.2, 0) is 6.42 Å². The van der Waals surface area contributed by atoms with Crippen LogP contribution in [0.5, 0.6) is 5.75 Å². The summed E-state index contributed by atoms with van der Waals surface area (Å²) in [6.45, 7) is 3.73. The Morgan fingerprint density at radius 2 is 1.85 bits per heavy atom. The summed E-state index contributed by atoms with van der Waals surface area (Å²) in [5, 5.41) is 3.34. The first-order valence-corrected chi connectivity index (χ1v) is 11.3. The van der Waals surface area contributed by atoms with Gasteiger partial charge in [0.25, 0.3) is 5.56 Å². The second-order valence-electron chi connectivity index (χ2n) is 8.53. The highest BCUT2D eigenvalue weighted by molar-refractivity contribution is 5.86. The third-order valence-corrected chi connectivity index (χ3v) is 6.39. The molecule has 0 unspecified atom stereocenters. The number of methoxy groups -OCH3 is 1. The summed E-state index contributed by atoms with van der Waals surface area (Å²) in [7, 11) is 1.43. The van der Waals surface area contributed by atoms with E-state index in [4.69, 9.17) is 9.72 Å². The SMILES string of the molecule is COc1ccc(Cc2c(C)nc3c(N4CCCCC4)c(-c4ccccc4)[nH]n3c2=O)cc1F. The van der Waals surface area contributed by atoms with Gasteiger partial charge in [-0.1, -0.05) is 36.4 Å². The zero-order chi connectivity index (χ0) is 22.9. The van der Waals surface area contributed by atoms with Crippen molar-refractivity contribution in [3.63, 3.8) is 0 Å². The van der Waals surface area contributed by atoms with Gasteiger partial charge in [-0.05, 0) is 43.9 Å². The van der Waals surface area contributed by atoms with Crippen LogP contribution in [0.1, 0.15) is 36.1 Å². The summed E-state index contributed by atoms with van der Waals surface area (Å²) in [5.41, 5.74) is 5.27. The molecule has 33 heavy (non-hydrogen) atoms. The number of halogens is 1. The lowest BCUT2D eigenvalue weighted by molar-refractivity contribution is 0.386. The maximum atomic E-state index is 14.2. The molecule has 0 bridgehead atoms. The quantitative estimate of drug-likeness (QED) is 0.482. The van der Waals surface area contributed by atoms with Gasteiger partial charge in [-0.3, -0.25) is 9.89 Å². The number of hydrogen-bond acceptors (Lipinski definition) is 4. The number of anilines is 1. The maximum Gasteiger partial charge on any atom is 0.276 e. The normalized spacial score (nSPS) is 14.1. The fourth-order valence-electron chi connectivity index (χ4n) is 4.65. The van der Waals surface area contributed by atoms with Gasteiger partial charge in [0, 0.05) is 36.3 Å². The first-order valence-electron chi connectivity index (χ1n) is 11.3. The Morgan fingerprint density at radius 3 is 2.55 bits per heavy atom. The Balaban J connectivity index is 1.66. The molecule has 0 atom stereocenters. The molecular formula is C26H27FN4O2. The lowest BCUT2D eigenvalue weighted by Gasteiger charge is -2.28. The van der Waals surface area contributed by atoms with Gasteiger partial charge < -0.3 is 9.64 Å². The molecule has 0 radical (unpaired) electrons. The molecule has 3 heterocycles. The maximum absolute atomic E-state index is 14.2. The molecule has 1 aliphatic heterocycles. The fraction of sp³-hybridized carbons (Fsp3) is 0.308. The highest BCUT2D eigenvalue weighted by Gasteiger charge is 2.24. The zero-order valence-electron chi connectivity index (χ0n) is 18.9. The molecule has 0 aliphatic carbocycles. The first-order chi connectivity index (χ1) is 16.1. The smallest absolute Gasteiger partial charge is 0.276 e. The highest BCUT2D eigenvalue weighted by atomic mass is 19.1. The lowest BCUT2D eigenvalue weighted by Crippen LogP contribution is -2.30. The largest absolute Gasteiger partial charge is 0.494 e. The van der Waals surface area contributed by atoms with Crippen LogP contribution < -0.4 is 15.2 Å². The van der Waals surface area contributed by atoms with Crippen molar-refractivity contribution in [2.75, 3.05) is 25.1 Å².